The van der Waals surface area contributed by atoms with Crippen molar-refractivity contribution in [2.45, 2.75) is 6.92 Å². The molecular formula is C16H22N2O6. The molecule has 8 nitrogen and oxygen atoms in total. The van der Waals surface area contributed by atoms with Gasteiger partial charge in [0.15, 0.2) is 18.1 Å². The van der Waals surface area contributed by atoms with Gasteiger partial charge in [-0.15, -0.1) is 0 Å². The van der Waals surface area contributed by atoms with E-state index in [4.69, 9.17) is 14.2 Å². The Balaban J connectivity index is 2.56. The number of rotatable bonds is 8. The fourth-order valence-electron chi connectivity index (χ4n) is 1.67. The number of likely N-dealkylation sites (N-methyl/N-ethyl adjacent to an activating group) is 1. The molecular weight excluding hydrogens is 316 g/mol. The van der Waals surface area contributed by atoms with E-state index >= 15 is 0 Å². The SMILES string of the molecule is CCOc1ccc(C(=O)OCC(=O)NCC(=O)N(C)C)cc1OC. The van der Waals surface area contributed by atoms with Gasteiger partial charge in [0, 0.05) is 14.1 Å². The minimum atomic E-state index is -0.676. The Morgan fingerprint density at radius 3 is 2.46 bits per heavy atom. The summed E-state index contributed by atoms with van der Waals surface area (Å²) in [6.45, 7) is 1.67. The molecule has 0 heterocycles. The van der Waals surface area contributed by atoms with Crippen LogP contribution >= 0.6 is 0 Å². The normalized spacial score (nSPS) is 9.83. The van der Waals surface area contributed by atoms with Gasteiger partial charge in [-0.1, -0.05) is 0 Å². The van der Waals surface area contributed by atoms with Crippen LogP contribution in [0.25, 0.3) is 0 Å². The van der Waals surface area contributed by atoms with Gasteiger partial charge in [-0.2, -0.15) is 0 Å². The number of carbonyl (C=O) groups is 3. The molecule has 1 aromatic rings. The summed E-state index contributed by atoms with van der Waals surface area (Å²) in [4.78, 5) is 36.2. The van der Waals surface area contributed by atoms with Crippen molar-refractivity contribution in [3.05, 3.63) is 23.8 Å². The molecule has 0 fully saturated rings. The molecule has 1 aromatic carbocycles. The Hall–Kier alpha value is -2.77. The molecule has 0 radical (unpaired) electrons. The summed E-state index contributed by atoms with van der Waals surface area (Å²) in [5.74, 6) is -0.586. The van der Waals surface area contributed by atoms with Crippen LogP contribution in [0, 0.1) is 0 Å². The minimum absolute atomic E-state index is 0.153. The van der Waals surface area contributed by atoms with Gasteiger partial charge in [0.2, 0.25) is 5.91 Å². The summed E-state index contributed by atoms with van der Waals surface area (Å²) < 4.78 is 15.4. The highest BCUT2D eigenvalue weighted by molar-refractivity contribution is 5.92. The summed E-state index contributed by atoms with van der Waals surface area (Å²) in [6, 6.07) is 4.58. The van der Waals surface area contributed by atoms with Crippen LogP contribution in [-0.2, 0) is 14.3 Å². The molecule has 0 unspecified atom stereocenters. The van der Waals surface area contributed by atoms with E-state index < -0.39 is 18.5 Å². The first-order valence-electron chi connectivity index (χ1n) is 7.33. The predicted molar refractivity (Wildman–Crippen MR) is 86.1 cm³/mol. The lowest BCUT2D eigenvalue weighted by atomic mass is 10.2. The number of benzene rings is 1. The van der Waals surface area contributed by atoms with Gasteiger partial charge >= 0.3 is 5.97 Å². The lowest BCUT2D eigenvalue weighted by molar-refractivity contribution is -0.131. The summed E-state index contributed by atoms with van der Waals surface area (Å²) in [6.07, 6.45) is 0. The zero-order valence-corrected chi connectivity index (χ0v) is 14.3. The van der Waals surface area contributed by atoms with Crippen molar-refractivity contribution in [2.75, 3.05) is 41.0 Å². The Bertz CT molecular complexity index is 600. The van der Waals surface area contributed by atoms with Crippen molar-refractivity contribution in [2.24, 2.45) is 0 Å². The molecule has 1 N–H and O–H groups in total. The van der Waals surface area contributed by atoms with Crippen LogP contribution < -0.4 is 14.8 Å². The summed E-state index contributed by atoms with van der Waals surface area (Å²) in [5.41, 5.74) is 0.229. The monoisotopic (exact) mass is 338 g/mol. The molecule has 0 spiro atoms. The van der Waals surface area contributed by atoms with Gasteiger partial charge in [0.25, 0.3) is 5.91 Å². The van der Waals surface area contributed by atoms with E-state index in [0.29, 0.717) is 18.1 Å². The molecule has 0 bridgehead atoms. The summed E-state index contributed by atoms with van der Waals surface area (Å²) in [5, 5.41) is 2.37. The number of esters is 1. The zero-order chi connectivity index (χ0) is 18.1. The van der Waals surface area contributed by atoms with Gasteiger partial charge in [0.1, 0.15) is 0 Å². The van der Waals surface area contributed by atoms with E-state index in [0.717, 1.165) is 0 Å². The zero-order valence-electron chi connectivity index (χ0n) is 14.3. The van der Waals surface area contributed by atoms with Gasteiger partial charge in [0.05, 0.1) is 25.8 Å². The third-order valence-corrected chi connectivity index (χ3v) is 2.97. The molecule has 0 aliphatic heterocycles. The maximum Gasteiger partial charge on any atom is 0.338 e. The van der Waals surface area contributed by atoms with Crippen molar-refractivity contribution in [1.29, 1.82) is 0 Å². The highest BCUT2D eigenvalue weighted by atomic mass is 16.5. The average molecular weight is 338 g/mol. The minimum Gasteiger partial charge on any atom is -0.493 e. The number of nitrogens with one attached hydrogen (secondary N) is 1. The largest absolute Gasteiger partial charge is 0.493 e. The highest BCUT2D eigenvalue weighted by Gasteiger charge is 2.14. The first-order chi connectivity index (χ1) is 11.4. The smallest absolute Gasteiger partial charge is 0.338 e. The topological polar surface area (TPSA) is 94.2 Å². The number of methoxy groups -OCH3 is 1. The summed E-state index contributed by atoms with van der Waals surface area (Å²) >= 11 is 0. The maximum absolute atomic E-state index is 12.0. The number of hydrogen-bond acceptors (Lipinski definition) is 6. The van der Waals surface area contributed by atoms with Crippen LogP contribution in [0.2, 0.25) is 0 Å². The lowest BCUT2D eigenvalue weighted by Gasteiger charge is -2.12. The van der Waals surface area contributed by atoms with E-state index in [1.807, 2.05) is 6.92 Å². The molecule has 0 saturated carbocycles. The van der Waals surface area contributed by atoms with Crippen LogP contribution in [-0.4, -0.2) is 63.6 Å². The molecule has 8 heteroatoms. The third kappa shape index (κ3) is 5.79. The standard InChI is InChI=1S/C16H22N2O6/c1-5-23-12-7-6-11(8-13(12)22-4)16(21)24-10-14(19)17-9-15(20)18(2)3/h6-8H,5,9-10H2,1-4H3,(H,17,19). The third-order valence-electron chi connectivity index (χ3n) is 2.97. The number of amides is 2. The van der Waals surface area contributed by atoms with Gasteiger partial charge in [-0.25, -0.2) is 4.79 Å². The molecule has 0 aromatic heterocycles. The van der Waals surface area contributed by atoms with Crippen LogP contribution in [0.3, 0.4) is 0 Å². The van der Waals surface area contributed by atoms with Crippen LogP contribution in [0.15, 0.2) is 18.2 Å². The first-order valence-corrected chi connectivity index (χ1v) is 7.33. The maximum atomic E-state index is 12.0. The van der Waals surface area contributed by atoms with Crippen LogP contribution in [0.5, 0.6) is 11.5 Å². The van der Waals surface area contributed by atoms with Gasteiger partial charge in [-0.3, -0.25) is 9.59 Å². The van der Waals surface area contributed by atoms with Gasteiger partial charge < -0.3 is 24.4 Å². The highest BCUT2D eigenvalue weighted by Crippen LogP contribution is 2.28. The second kappa shape index (κ2) is 9.39. The fraction of sp³-hybridized carbons (Fsp3) is 0.438. The molecule has 0 aliphatic rings. The average Bonchev–Trinajstić information content (AvgIpc) is 2.57. The Kier molecular flexibility index (Phi) is 7.54. The molecule has 0 saturated heterocycles. The molecule has 24 heavy (non-hydrogen) atoms. The van der Waals surface area contributed by atoms with E-state index in [2.05, 4.69) is 5.32 Å². The number of nitrogens with zero attached hydrogens (tertiary/aromatic N) is 1. The number of ether oxygens (including phenoxy) is 3. The van der Waals surface area contributed by atoms with Crippen molar-refractivity contribution in [3.8, 4) is 11.5 Å². The van der Waals surface area contributed by atoms with E-state index in [1.54, 1.807) is 20.2 Å². The van der Waals surface area contributed by atoms with Crippen molar-refractivity contribution >= 4 is 17.8 Å². The molecule has 1 rings (SSSR count). The number of hydrogen-bond donors (Lipinski definition) is 1. The van der Waals surface area contributed by atoms with Crippen molar-refractivity contribution in [1.82, 2.24) is 10.2 Å². The molecule has 2 amide bonds. The Morgan fingerprint density at radius 2 is 1.88 bits per heavy atom. The summed E-state index contributed by atoms with van der Waals surface area (Å²) in [7, 11) is 4.61. The fourth-order valence-corrected chi connectivity index (χ4v) is 1.67. The Morgan fingerprint density at radius 1 is 1.17 bits per heavy atom. The van der Waals surface area contributed by atoms with E-state index in [1.165, 1.54) is 24.1 Å². The van der Waals surface area contributed by atoms with Crippen LogP contribution in [0.4, 0.5) is 0 Å². The quantitative estimate of drug-likeness (QED) is 0.692. The molecule has 0 aliphatic carbocycles. The number of carbonyl (C=O) groups excluding carboxylic acids is 3. The second-order valence-corrected chi connectivity index (χ2v) is 4.94. The van der Waals surface area contributed by atoms with E-state index in [-0.39, 0.29) is 18.0 Å². The van der Waals surface area contributed by atoms with Crippen molar-refractivity contribution in [3.63, 3.8) is 0 Å². The van der Waals surface area contributed by atoms with Crippen LogP contribution in [0.1, 0.15) is 17.3 Å². The second-order valence-electron chi connectivity index (χ2n) is 4.94. The van der Waals surface area contributed by atoms with E-state index in [9.17, 15) is 14.4 Å². The van der Waals surface area contributed by atoms with Crippen molar-refractivity contribution < 1.29 is 28.6 Å². The molecule has 132 valence electrons. The van der Waals surface area contributed by atoms with Gasteiger partial charge in [-0.05, 0) is 25.1 Å². The molecule has 0 atom stereocenters. The first kappa shape index (κ1) is 19.3. The Labute approximate surface area is 140 Å². The predicted octanol–water partition coefficient (Wildman–Crippen LogP) is 0.455. The lowest BCUT2D eigenvalue weighted by Crippen LogP contribution is -2.38.